The highest BCUT2D eigenvalue weighted by Gasteiger charge is 2.31. The molecule has 6 nitrogen and oxygen atoms in total. The first-order valence-electron chi connectivity index (χ1n) is 12.1. The minimum Gasteiger partial charge on any atom is -0.369 e. The van der Waals surface area contributed by atoms with Crippen molar-refractivity contribution in [2.24, 2.45) is 0 Å². The molecule has 1 amide bonds. The smallest absolute Gasteiger partial charge is 0.255 e. The second-order valence-corrected chi connectivity index (χ2v) is 11.4. The number of nitrogens with zero attached hydrogens (tertiary/aromatic N) is 2. The van der Waals surface area contributed by atoms with Crippen molar-refractivity contribution in [2.45, 2.75) is 38.5 Å². The second-order valence-electron chi connectivity index (χ2n) is 9.49. The van der Waals surface area contributed by atoms with Crippen molar-refractivity contribution in [3.05, 3.63) is 88.7 Å². The third-order valence-corrected chi connectivity index (χ3v) is 8.72. The van der Waals surface area contributed by atoms with E-state index in [-0.39, 0.29) is 18.7 Å². The van der Waals surface area contributed by atoms with Crippen LogP contribution in [-0.4, -0.2) is 44.8 Å². The molecule has 0 spiro atoms. The molecule has 36 heavy (non-hydrogen) atoms. The molecular formula is C28H32FN3O3S. The number of sulfonamides is 1. The highest BCUT2D eigenvalue weighted by molar-refractivity contribution is 7.89. The lowest BCUT2D eigenvalue weighted by Gasteiger charge is -2.36. The van der Waals surface area contributed by atoms with E-state index in [2.05, 4.69) is 31.0 Å². The number of aryl methyl sites for hydroxylation is 1. The Morgan fingerprint density at radius 3 is 2.25 bits per heavy atom. The van der Waals surface area contributed by atoms with Gasteiger partial charge in [0, 0.05) is 43.1 Å². The van der Waals surface area contributed by atoms with E-state index < -0.39 is 26.6 Å². The first-order valence-corrected chi connectivity index (χ1v) is 13.5. The first kappa shape index (κ1) is 25.9. The second kappa shape index (κ2) is 10.4. The summed E-state index contributed by atoms with van der Waals surface area (Å²) < 4.78 is 42.7. The Bertz CT molecular complexity index is 1360. The summed E-state index contributed by atoms with van der Waals surface area (Å²) in [6.07, 6.45) is 0. The molecule has 0 saturated carbocycles. The molecule has 0 radical (unpaired) electrons. The zero-order chi connectivity index (χ0) is 26.0. The number of piperazine rings is 1. The number of carbonyl (C=O) groups excluding carboxylic acids is 1. The zero-order valence-corrected chi connectivity index (χ0v) is 21.9. The van der Waals surface area contributed by atoms with Gasteiger partial charge in [-0.25, -0.2) is 12.8 Å². The number of nitrogens with one attached hydrogen (secondary N) is 1. The van der Waals surface area contributed by atoms with Crippen molar-refractivity contribution in [1.82, 2.24) is 4.31 Å². The van der Waals surface area contributed by atoms with Crippen LogP contribution in [0.25, 0.3) is 0 Å². The van der Waals surface area contributed by atoms with E-state index in [0.717, 1.165) is 28.9 Å². The number of anilines is 2. The van der Waals surface area contributed by atoms with Gasteiger partial charge in [-0.05, 0) is 72.9 Å². The fourth-order valence-electron chi connectivity index (χ4n) is 4.38. The van der Waals surface area contributed by atoms with Crippen molar-refractivity contribution in [3.63, 3.8) is 0 Å². The lowest BCUT2D eigenvalue weighted by Crippen LogP contribution is -2.49. The lowest BCUT2D eigenvalue weighted by atomic mass is 10.0. The minimum absolute atomic E-state index is 0.0805. The molecule has 1 aliphatic heterocycles. The number of rotatable bonds is 6. The van der Waals surface area contributed by atoms with Crippen molar-refractivity contribution in [3.8, 4) is 0 Å². The molecule has 1 N–H and O–H groups in total. The van der Waals surface area contributed by atoms with Crippen LogP contribution in [-0.2, 0) is 10.0 Å². The van der Waals surface area contributed by atoms with E-state index in [0.29, 0.717) is 24.7 Å². The first-order chi connectivity index (χ1) is 17.1. The average molecular weight is 510 g/mol. The maximum absolute atomic E-state index is 14.7. The molecule has 0 bridgehead atoms. The van der Waals surface area contributed by atoms with Crippen LogP contribution in [0.1, 0.15) is 46.8 Å². The summed E-state index contributed by atoms with van der Waals surface area (Å²) in [5, 5.41) is 2.76. The Morgan fingerprint density at radius 2 is 1.61 bits per heavy atom. The number of benzene rings is 3. The van der Waals surface area contributed by atoms with Gasteiger partial charge in [-0.1, -0.05) is 38.1 Å². The maximum atomic E-state index is 14.7. The van der Waals surface area contributed by atoms with Crippen LogP contribution in [0.4, 0.5) is 15.8 Å². The van der Waals surface area contributed by atoms with Crippen molar-refractivity contribution >= 4 is 27.3 Å². The van der Waals surface area contributed by atoms with Crippen LogP contribution in [0.5, 0.6) is 0 Å². The molecule has 4 rings (SSSR count). The number of halogens is 1. The molecule has 8 heteroatoms. The van der Waals surface area contributed by atoms with E-state index in [1.54, 1.807) is 12.1 Å². The average Bonchev–Trinajstić information content (AvgIpc) is 2.86. The number of amides is 1. The van der Waals surface area contributed by atoms with Gasteiger partial charge < -0.3 is 10.2 Å². The Kier molecular flexibility index (Phi) is 7.47. The Balaban J connectivity index is 1.49. The summed E-state index contributed by atoms with van der Waals surface area (Å²) in [4.78, 5) is 14.5. The van der Waals surface area contributed by atoms with Gasteiger partial charge >= 0.3 is 0 Å². The largest absolute Gasteiger partial charge is 0.369 e. The minimum atomic E-state index is -4.11. The summed E-state index contributed by atoms with van der Waals surface area (Å²) in [6.45, 7) is 9.72. The summed E-state index contributed by atoms with van der Waals surface area (Å²) in [7, 11) is -4.11. The predicted molar refractivity (Wildman–Crippen MR) is 142 cm³/mol. The molecule has 190 valence electrons. The van der Waals surface area contributed by atoms with Crippen molar-refractivity contribution < 1.29 is 17.6 Å². The third kappa shape index (κ3) is 5.29. The molecule has 3 aromatic rings. The molecule has 1 heterocycles. The topological polar surface area (TPSA) is 69.7 Å². The zero-order valence-electron chi connectivity index (χ0n) is 21.1. The lowest BCUT2D eigenvalue weighted by molar-refractivity contribution is 0.102. The van der Waals surface area contributed by atoms with Gasteiger partial charge in [0.15, 0.2) is 0 Å². The monoisotopic (exact) mass is 509 g/mol. The molecule has 3 aromatic carbocycles. The summed E-state index contributed by atoms with van der Waals surface area (Å²) in [6, 6.07) is 17.0. The maximum Gasteiger partial charge on any atom is 0.255 e. The van der Waals surface area contributed by atoms with E-state index in [9.17, 15) is 17.6 Å². The standard InChI is InChI=1S/C28H32FN3O3S/c1-19(2)22-8-11-24(12-9-22)30-28(33)23-10-13-25(29)27(18-23)36(34,35)32-16-14-31(15-17-32)26-7-5-6-20(3)21(26)4/h5-13,18-19H,14-17H2,1-4H3,(H,30,33). The van der Waals surface area contributed by atoms with Crippen LogP contribution in [0.2, 0.25) is 0 Å². The Labute approximate surface area is 212 Å². The molecule has 0 unspecified atom stereocenters. The van der Waals surface area contributed by atoms with Gasteiger partial charge in [0.05, 0.1) is 0 Å². The Hall–Kier alpha value is -3.23. The molecule has 0 aliphatic carbocycles. The number of carbonyl (C=O) groups is 1. The van der Waals surface area contributed by atoms with E-state index in [1.165, 1.54) is 15.9 Å². The van der Waals surface area contributed by atoms with Crippen LogP contribution in [0.15, 0.2) is 65.6 Å². The van der Waals surface area contributed by atoms with E-state index in [1.807, 2.05) is 37.3 Å². The fraction of sp³-hybridized carbons (Fsp3) is 0.321. The molecule has 1 saturated heterocycles. The summed E-state index contributed by atoms with van der Waals surface area (Å²) in [5.41, 5.74) is 5.23. The van der Waals surface area contributed by atoms with Gasteiger partial charge in [0.25, 0.3) is 5.91 Å². The SMILES string of the molecule is Cc1cccc(N2CCN(S(=O)(=O)c3cc(C(=O)Nc4ccc(C(C)C)cc4)ccc3F)CC2)c1C. The molecular weight excluding hydrogens is 477 g/mol. The molecule has 0 atom stereocenters. The molecule has 1 fully saturated rings. The molecule has 1 aliphatic rings. The highest BCUT2D eigenvalue weighted by Crippen LogP contribution is 2.27. The summed E-state index contributed by atoms with van der Waals surface area (Å²) in [5.74, 6) is -1.00. The highest BCUT2D eigenvalue weighted by atomic mass is 32.2. The van der Waals surface area contributed by atoms with Crippen LogP contribution in [0.3, 0.4) is 0 Å². The molecule has 0 aromatic heterocycles. The van der Waals surface area contributed by atoms with Gasteiger partial charge in [-0.15, -0.1) is 0 Å². The third-order valence-electron chi connectivity index (χ3n) is 6.80. The van der Waals surface area contributed by atoms with Crippen LogP contribution >= 0.6 is 0 Å². The van der Waals surface area contributed by atoms with Gasteiger partial charge in [0.1, 0.15) is 10.7 Å². The summed E-state index contributed by atoms with van der Waals surface area (Å²) >= 11 is 0. The van der Waals surface area contributed by atoms with Gasteiger partial charge in [-0.3, -0.25) is 4.79 Å². The fourth-order valence-corrected chi connectivity index (χ4v) is 5.90. The van der Waals surface area contributed by atoms with E-state index in [4.69, 9.17) is 0 Å². The van der Waals surface area contributed by atoms with Gasteiger partial charge in [0.2, 0.25) is 10.0 Å². The van der Waals surface area contributed by atoms with E-state index >= 15 is 0 Å². The van der Waals surface area contributed by atoms with Crippen LogP contribution < -0.4 is 10.2 Å². The van der Waals surface area contributed by atoms with Crippen molar-refractivity contribution in [2.75, 3.05) is 36.4 Å². The van der Waals surface area contributed by atoms with Crippen molar-refractivity contribution in [1.29, 1.82) is 0 Å². The van der Waals surface area contributed by atoms with Gasteiger partial charge in [-0.2, -0.15) is 4.31 Å². The Morgan fingerprint density at radius 1 is 0.944 bits per heavy atom. The number of hydrogen-bond acceptors (Lipinski definition) is 4. The predicted octanol–water partition coefficient (Wildman–Crippen LogP) is 5.33. The normalized spacial score (nSPS) is 14.8. The van der Waals surface area contributed by atoms with Crippen LogP contribution in [0, 0.1) is 19.7 Å². The quantitative estimate of drug-likeness (QED) is 0.488. The number of hydrogen-bond donors (Lipinski definition) is 1.